The van der Waals surface area contributed by atoms with Gasteiger partial charge in [-0.2, -0.15) is 0 Å². The summed E-state index contributed by atoms with van der Waals surface area (Å²) in [6.07, 6.45) is 0. The number of hydrogen-bond acceptors (Lipinski definition) is 1. The summed E-state index contributed by atoms with van der Waals surface area (Å²) in [7, 11) is 0. The summed E-state index contributed by atoms with van der Waals surface area (Å²) in [6.45, 7) is 8.21. The Kier molecular flexibility index (Phi) is 2.99. The molecule has 70 valence electrons. The second kappa shape index (κ2) is 3.84. The molecule has 1 nitrogen and oxygen atoms in total. The van der Waals surface area contributed by atoms with Crippen molar-refractivity contribution in [1.29, 1.82) is 0 Å². The Bertz CT molecular complexity index is 329. The average molecular weight is 196 g/mol. The Balaban J connectivity index is 3.04. The zero-order valence-corrected chi connectivity index (χ0v) is 8.73. The van der Waals surface area contributed by atoms with Gasteiger partial charge in [-0.15, -0.1) is 0 Å². The van der Waals surface area contributed by atoms with Gasteiger partial charge in [-0.05, 0) is 29.2 Å². The van der Waals surface area contributed by atoms with Crippen LogP contribution in [0.2, 0.25) is 5.02 Å². The second-order valence-corrected chi connectivity index (χ2v) is 3.82. The number of rotatable bonds is 2. The number of hydrogen-bond donors (Lipinski definition) is 1. The SMILES string of the molecule is C=C(c1ccc(Cl)c(N)c1)C(C)C. The lowest BCUT2D eigenvalue weighted by Crippen LogP contribution is -1.94. The van der Waals surface area contributed by atoms with Crippen LogP contribution in [0, 0.1) is 5.92 Å². The van der Waals surface area contributed by atoms with Gasteiger partial charge in [0.15, 0.2) is 0 Å². The summed E-state index contributed by atoms with van der Waals surface area (Å²) in [5.41, 5.74) is 8.45. The largest absolute Gasteiger partial charge is 0.398 e. The lowest BCUT2D eigenvalue weighted by atomic mass is 9.97. The molecular weight excluding hydrogens is 182 g/mol. The highest BCUT2D eigenvalue weighted by atomic mass is 35.5. The molecule has 0 aliphatic carbocycles. The van der Waals surface area contributed by atoms with Crippen LogP contribution in [-0.2, 0) is 0 Å². The molecule has 0 fully saturated rings. The standard InChI is InChI=1S/C11H14ClN/c1-7(2)8(3)9-4-5-10(12)11(13)6-9/h4-7H,3,13H2,1-2H3. The van der Waals surface area contributed by atoms with Crippen LogP contribution in [0.5, 0.6) is 0 Å². The maximum Gasteiger partial charge on any atom is 0.0635 e. The minimum atomic E-state index is 0.431. The predicted octanol–water partition coefficient (Wildman–Crippen LogP) is 3.59. The van der Waals surface area contributed by atoms with E-state index in [-0.39, 0.29) is 0 Å². The van der Waals surface area contributed by atoms with Crippen LogP contribution in [0.4, 0.5) is 5.69 Å². The maximum absolute atomic E-state index is 5.81. The molecule has 0 saturated carbocycles. The number of halogens is 1. The smallest absolute Gasteiger partial charge is 0.0635 e. The monoisotopic (exact) mass is 195 g/mol. The van der Waals surface area contributed by atoms with Crippen molar-refractivity contribution >= 4 is 22.9 Å². The minimum Gasteiger partial charge on any atom is -0.398 e. The molecule has 0 atom stereocenters. The van der Waals surface area contributed by atoms with Gasteiger partial charge in [0.2, 0.25) is 0 Å². The van der Waals surface area contributed by atoms with Crippen LogP contribution in [0.15, 0.2) is 24.8 Å². The van der Waals surface area contributed by atoms with Crippen molar-refractivity contribution in [1.82, 2.24) is 0 Å². The van der Waals surface area contributed by atoms with Crippen molar-refractivity contribution in [3.05, 3.63) is 35.4 Å². The quantitative estimate of drug-likeness (QED) is 0.718. The number of nitrogen functional groups attached to an aromatic ring is 1. The van der Waals surface area contributed by atoms with Gasteiger partial charge in [0.25, 0.3) is 0 Å². The van der Waals surface area contributed by atoms with E-state index in [0.29, 0.717) is 16.6 Å². The number of nitrogens with two attached hydrogens (primary N) is 1. The molecule has 1 aromatic carbocycles. The zero-order valence-electron chi connectivity index (χ0n) is 7.97. The fourth-order valence-electron chi connectivity index (χ4n) is 1.08. The Morgan fingerprint density at radius 2 is 2.08 bits per heavy atom. The van der Waals surface area contributed by atoms with Gasteiger partial charge in [-0.3, -0.25) is 0 Å². The maximum atomic E-state index is 5.81. The first-order chi connectivity index (χ1) is 6.02. The van der Waals surface area contributed by atoms with Crippen molar-refractivity contribution in [2.24, 2.45) is 5.92 Å². The lowest BCUT2D eigenvalue weighted by Gasteiger charge is -2.10. The molecule has 0 radical (unpaired) electrons. The normalized spacial score (nSPS) is 10.5. The highest BCUT2D eigenvalue weighted by Gasteiger charge is 2.05. The minimum absolute atomic E-state index is 0.431. The Labute approximate surface area is 84.2 Å². The van der Waals surface area contributed by atoms with Gasteiger partial charge in [-0.25, -0.2) is 0 Å². The van der Waals surface area contributed by atoms with E-state index in [4.69, 9.17) is 17.3 Å². The number of allylic oxidation sites excluding steroid dienone is 1. The van der Waals surface area contributed by atoms with E-state index in [1.807, 2.05) is 12.1 Å². The fourth-order valence-corrected chi connectivity index (χ4v) is 1.19. The summed E-state index contributed by atoms with van der Waals surface area (Å²) < 4.78 is 0. The van der Waals surface area contributed by atoms with Gasteiger partial charge in [0.05, 0.1) is 10.7 Å². The molecule has 1 aromatic rings. The highest BCUT2D eigenvalue weighted by Crippen LogP contribution is 2.26. The van der Waals surface area contributed by atoms with Crippen molar-refractivity contribution in [2.75, 3.05) is 5.73 Å². The van der Waals surface area contributed by atoms with Crippen LogP contribution in [0.3, 0.4) is 0 Å². The molecule has 0 heterocycles. The molecule has 0 aliphatic rings. The Hall–Kier alpha value is -0.950. The molecular formula is C11H14ClN. The van der Waals surface area contributed by atoms with Crippen LogP contribution >= 0.6 is 11.6 Å². The molecule has 0 bridgehead atoms. The van der Waals surface area contributed by atoms with Gasteiger partial charge in [0, 0.05) is 0 Å². The molecule has 0 saturated heterocycles. The van der Waals surface area contributed by atoms with E-state index in [0.717, 1.165) is 11.1 Å². The van der Waals surface area contributed by atoms with Crippen LogP contribution in [-0.4, -0.2) is 0 Å². The topological polar surface area (TPSA) is 26.0 Å². The molecule has 13 heavy (non-hydrogen) atoms. The number of benzene rings is 1. The Morgan fingerprint density at radius 3 is 2.54 bits per heavy atom. The van der Waals surface area contributed by atoms with E-state index in [1.54, 1.807) is 6.07 Å². The summed E-state index contributed by atoms with van der Waals surface area (Å²) in [6, 6.07) is 5.62. The van der Waals surface area contributed by atoms with Gasteiger partial charge in [-0.1, -0.05) is 38.1 Å². The molecule has 0 aliphatic heterocycles. The molecule has 1 rings (SSSR count). The second-order valence-electron chi connectivity index (χ2n) is 3.42. The predicted molar refractivity (Wildman–Crippen MR) is 59.7 cm³/mol. The van der Waals surface area contributed by atoms with Gasteiger partial charge >= 0.3 is 0 Å². The molecule has 0 unspecified atom stereocenters. The molecule has 0 spiro atoms. The van der Waals surface area contributed by atoms with E-state index in [2.05, 4.69) is 20.4 Å². The number of anilines is 1. The van der Waals surface area contributed by atoms with E-state index in [9.17, 15) is 0 Å². The molecule has 0 amide bonds. The third-order valence-corrected chi connectivity index (χ3v) is 2.41. The van der Waals surface area contributed by atoms with E-state index >= 15 is 0 Å². The lowest BCUT2D eigenvalue weighted by molar-refractivity contribution is 0.858. The summed E-state index contributed by atoms with van der Waals surface area (Å²) in [4.78, 5) is 0. The first-order valence-electron chi connectivity index (χ1n) is 4.26. The third-order valence-electron chi connectivity index (χ3n) is 2.06. The highest BCUT2D eigenvalue weighted by molar-refractivity contribution is 6.33. The van der Waals surface area contributed by atoms with Crippen molar-refractivity contribution in [2.45, 2.75) is 13.8 Å². The Morgan fingerprint density at radius 1 is 1.46 bits per heavy atom. The van der Waals surface area contributed by atoms with Gasteiger partial charge in [0.1, 0.15) is 0 Å². The average Bonchev–Trinajstić information content (AvgIpc) is 2.08. The molecule has 2 N–H and O–H groups in total. The first-order valence-corrected chi connectivity index (χ1v) is 4.64. The first kappa shape index (κ1) is 10.1. The van der Waals surface area contributed by atoms with Crippen molar-refractivity contribution in [3.8, 4) is 0 Å². The van der Waals surface area contributed by atoms with Crippen molar-refractivity contribution in [3.63, 3.8) is 0 Å². The molecule has 2 heteroatoms. The summed E-state index contributed by atoms with van der Waals surface area (Å²) in [5.74, 6) is 0.431. The van der Waals surface area contributed by atoms with E-state index in [1.165, 1.54) is 0 Å². The summed E-state index contributed by atoms with van der Waals surface area (Å²) in [5, 5.41) is 0.598. The van der Waals surface area contributed by atoms with Gasteiger partial charge < -0.3 is 5.73 Å². The fraction of sp³-hybridized carbons (Fsp3) is 0.273. The zero-order chi connectivity index (χ0) is 10.0. The molecule has 0 aromatic heterocycles. The van der Waals surface area contributed by atoms with Crippen LogP contribution in [0.25, 0.3) is 5.57 Å². The van der Waals surface area contributed by atoms with Crippen LogP contribution in [0.1, 0.15) is 19.4 Å². The van der Waals surface area contributed by atoms with E-state index < -0.39 is 0 Å². The van der Waals surface area contributed by atoms with Crippen LogP contribution < -0.4 is 5.73 Å². The van der Waals surface area contributed by atoms with Crippen molar-refractivity contribution < 1.29 is 0 Å². The third kappa shape index (κ3) is 2.25. The summed E-state index contributed by atoms with van der Waals surface area (Å²) >= 11 is 5.81.